The first-order chi connectivity index (χ1) is 33.6. The number of carbonyl (C=O) groups is 2. The van der Waals surface area contributed by atoms with Gasteiger partial charge in [-0.1, -0.05) is 254 Å². The largest absolute Gasteiger partial charge is 0.463 e. The van der Waals surface area contributed by atoms with Crippen LogP contribution in [0.1, 0.15) is 278 Å². The quantitative estimate of drug-likeness (QED) is 0.0345. The Hall–Kier alpha value is -2.92. The van der Waals surface area contributed by atoms with Gasteiger partial charge in [0.15, 0.2) is 0 Å². The van der Waals surface area contributed by atoms with E-state index in [2.05, 4.69) is 106 Å². The van der Waals surface area contributed by atoms with E-state index in [9.17, 15) is 9.59 Å². The van der Waals surface area contributed by atoms with Crippen molar-refractivity contribution in [2.75, 3.05) is 19.8 Å². The highest BCUT2D eigenvalue weighted by atomic mass is 16.6. The third-order valence-corrected chi connectivity index (χ3v) is 12.4. The molecular weight excluding hydrogens is 837 g/mol. The van der Waals surface area contributed by atoms with E-state index in [1.54, 1.807) is 0 Å². The first-order valence-electron chi connectivity index (χ1n) is 29.1. The highest BCUT2D eigenvalue weighted by Gasteiger charge is 2.16. The molecular formula is C63H110O5. The topological polar surface area (TPSA) is 61.8 Å². The van der Waals surface area contributed by atoms with E-state index in [0.717, 1.165) is 83.5 Å². The summed E-state index contributed by atoms with van der Waals surface area (Å²) in [6, 6.07) is 0. The third kappa shape index (κ3) is 55.7. The average Bonchev–Trinajstić information content (AvgIpc) is 3.34. The highest BCUT2D eigenvalue weighted by molar-refractivity contribution is 5.69. The van der Waals surface area contributed by atoms with Crippen LogP contribution in [0.25, 0.3) is 0 Å². The number of unbranched alkanes of at least 4 members (excludes halogenated alkanes) is 28. The molecule has 0 radical (unpaired) electrons. The van der Waals surface area contributed by atoms with Gasteiger partial charge in [-0.15, -0.1) is 0 Å². The number of esters is 2. The fourth-order valence-corrected chi connectivity index (χ4v) is 8.01. The Labute approximate surface area is 422 Å². The summed E-state index contributed by atoms with van der Waals surface area (Å²) in [6.07, 6.45) is 77.7. The summed E-state index contributed by atoms with van der Waals surface area (Å²) in [5.41, 5.74) is 0. The number of rotatable bonds is 53. The van der Waals surface area contributed by atoms with E-state index in [4.69, 9.17) is 14.2 Å². The van der Waals surface area contributed by atoms with Crippen molar-refractivity contribution in [2.24, 2.45) is 0 Å². The molecule has 0 fully saturated rings. The summed E-state index contributed by atoms with van der Waals surface area (Å²) < 4.78 is 17.4. The van der Waals surface area contributed by atoms with Crippen LogP contribution in [-0.2, 0) is 23.8 Å². The first-order valence-corrected chi connectivity index (χ1v) is 29.1. The van der Waals surface area contributed by atoms with Crippen molar-refractivity contribution in [1.29, 1.82) is 0 Å². The van der Waals surface area contributed by atoms with E-state index in [1.165, 1.54) is 161 Å². The van der Waals surface area contributed by atoms with Gasteiger partial charge in [0.1, 0.15) is 19.3 Å². The van der Waals surface area contributed by atoms with Crippen molar-refractivity contribution in [3.05, 3.63) is 85.1 Å². The molecule has 0 aliphatic heterocycles. The molecule has 0 unspecified atom stereocenters. The molecule has 0 aromatic carbocycles. The molecule has 1 atom stereocenters. The summed E-state index contributed by atoms with van der Waals surface area (Å²) in [5, 5.41) is 0. The molecule has 0 N–H and O–H groups in total. The molecule has 68 heavy (non-hydrogen) atoms. The second-order valence-corrected chi connectivity index (χ2v) is 19.2. The van der Waals surface area contributed by atoms with E-state index in [0.29, 0.717) is 19.4 Å². The van der Waals surface area contributed by atoms with Crippen LogP contribution in [0.15, 0.2) is 85.1 Å². The summed E-state index contributed by atoms with van der Waals surface area (Å²) in [4.78, 5) is 25.3. The molecule has 0 amide bonds. The standard InChI is InChI=1S/C63H110O5/c1-4-7-10-13-16-19-22-25-28-31-32-34-36-39-42-45-48-51-54-57-63(65)68-60-61(66-58-55-52-49-46-43-40-37-30-27-24-21-18-15-12-9-6-3)59-67-62(64)56-53-50-47-44-41-38-35-33-29-26-23-20-17-14-11-8-5-2/h16,19,25-26,28-29,32,34-35,38-39,42,44,47,61H,4-15,17-18,20-24,27,30-31,33,36-37,40-41,43,45-46,48-60H2,1-3H3/b19-16-,28-25-,29-26-,34-32-,38-35-,42-39-,47-44-/t61-/m0/s1. The normalized spacial score (nSPS) is 12.8. The van der Waals surface area contributed by atoms with Crippen LogP contribution in [0.2, 0.25) is 0 Å². The lowest BCUT2D eigenvalue weighted by Gasteiger charge is -2.18. The van der Waals surface area contributed by atoms with Gasteiger partial charge in [-0.05, 0) is 96.3 Å². The predicted molar refractivity (Wildman–Crippen MR) is 297 cm³/mol. The van der Waals surface area contributed by atoms with Crippen molar-refractivity contribution >= 4 is 11.9 Å². The molecule has 0 saturated heterocycles. The Balaban J connectivity index is 4.39. The Morgan fingerprint density at radius 1 is 0.309 bits per heavy atom. The Bertz CT molecular complexity index is 1250. The lowest BCUT2D eigenvalue weighted by molar-refractivity contribution is -0.155. The molecule has 0 heterocycles. The van der Waals surface area contributed by atoms with Crippen molar-refractivity contribution < 1.29 is 23.8 Å². The maximum atomic E-state index is 12.7. The molecule has 5 nitrogen and oxygen atoms in total. The van der Waals surface area contributed by atoms with Gasteiger partial charge in [0.05, 0.1) is 0 Å². The minimum absolute atomic E-state index is 0.119. The van der Waals surface area contributed by atoms with Crippen LogP contribution in [0.4, 0.5) is 0 Å². The molecule has 392 valence electrons. The number of allylic oxidation sites excluding steroid dienone is 14. The number of hydrogen-bond donors (Lipinski definition) is 0. The van der Waals surface area contributed by atoms with Gasteiger partial charge in [0.25, 0.3) is 0 Å². The lowest BCUT2D eigenvalue weighted by Crippen LogP contribution is -2.29. The summed E-state index contributed by atoms with van der Waals surface area (Å²) in [6.45, 7) is 7.63. The maximum Gasteiger partial charge on any atom is 0.305 e. The van der Waals surface area contributed by atoms with E-state index in [1.807, 2.05) is 0 Å². The highest BCUT2D eigenvalue weighted by Crippen LogP contribution is 2.15. The Kier molecular flexibility index (Phi) is 55.9. The predicted octanol–water partition coefficient (Wildman–Crippen LogP) is 20.0. The SMILES string of the molecule is CCCCC/C=C\C/C=C\C/C=C\C/C=C\CCCCCC(=O)OC[C@H](COC(=O)CCC/C=C\C/C=C\C/C=C\CCCCCCCC)OCCCCCCCCCCCCCCCCCC. The van der Waals surface area contributed by atoms with Crippen LogP contribution in [0.3, 0.4) is 0 Å². The fraction of sp³-hybridized carbons (Fsp3) is 0.746. The van der Waals surface area contributed by atoms with E-state index in [-0.39, 0.29) is 25.2 Å². The monoisotopic (exact) mass is 947 g/mol. The van der Waals surface area contributed by atoms with Gasteiger partial charge in [-0.2, -0.15) is 0 Å². The van der Waals surface area contributed by atoms with E-state index >= 15 is 0 Å². The smallest absolute Gasteiger partial charge is 0.305 e. The molecule has 5 heteroatoms. The van der Waals surface area contributed by atoms with Crippen LogP contribution >= 0.6 is 0 Å². The van der Waals surface area contributed by atoms with Gasteiger partial charge in [-0.3, -0.25) is 9.59 Å². The Morgan fingerprint density at radius 2 is 0.574 bits per heavy atom. The second-order valence-electron chi connectivity index (χ2n) is 19.2. The second kappa shape index (κ2) is 58.4. The number of hydrogen-bond acceptors (Lipinski definition) is 5. The number of carbonyl (C=O) groups excluding carboxylic acids is 2. The zero-order valence-corrected chi connectivity index (χ0v) is 45.1. The lowest BCUT2D eigenvalue weighted by atomic mass is 10.0. The minimum atomic E-state index is -0.436. The van der Waals surface area contributed by atoms with Crippen LogP contribution < -0.4 is 0 Å². The van der Waals surface area contributed by atoms with Crippen LogP contribution in [0, 0.1) is 0 Å². The average molecular weight is 948 g/mol. The third-order valence-electron chi connectivity index (χ3n) is 12.4. The Morgan fingerprint density at radius 3 is 0.956 bits per heavy atom. The zero-order chi connectivity index (χ0) is 49.2. The molecule has 0 saturated carbocycles. The minimum Gasteiger partial charge on any atom is -0.463 e. The van der Waals surface area contributed by atoms with Gasteiger partial charge in [-0.25, -0.2) is 0 Å². The number of ether oxygens (including phenoxy) is 3. The summed E-state index contributed by atoms with van der Waals surface area (Å²) in [5.74, 6) is -0.422. The molecule has 0 aromatic rings. The van der Waals surface area contributed by atoms with E-state index < -0.39 is 6.10 Å². The molecule has 0 aromatic heterocycles. The van der Waals surface area contributed by atoms with Crippen LogP contribution in [0.5, 0.6) is 0 Å². The van der Waals surface area contributed by atoms with Crippen LogP contribution in [-0.4, -0.2) is 37.9 Å². The molecule has 0 bridgehead atoms. The maximum absolute atomic E-state index is 12.7. The molecule has 0 spiro atoms. The fourth-order valence-electron chi connectivity index (χ4n) is 8.01. The van der Waals surface area contributed by atoms with Gasteiger partial charge in [0, 0.05) is 19.4 Å². The molecule has 0 aliphatic carbocycles. The summed E-state index contributed by atoms with van der Waals surface area (Å²) >= 11 is 0. The molecule has 0 aliphatic rings. The molecule has 0 rings (SSSR count). The van der Waals surface area contributed by atoms with Crippen molar-refractivity contribution in [3.8, 4) is 0 Å². The van der Waals surface area contributed by atoms with Crippen molar-refractivity contribution in [1.82, 2.24) is 0 Å². The first kappa shape index (κ1) is 65.1. The zero-order valence-electron chi connectivity index (χ0n) is 45.1. The van der Waals surface area contributed by atoms with Gasteiger partial charge >= 0.3 is 11.9 Å². The van der Waals surface area contributed by atoms with Crippen molar-refractivity contribution in [3.63, 3.8) is 0 Å². The van der Waals surface area contributed by atoms with Crippen molar-refractivity contribution in [2.45, 2.75) is 284 Å². The van der Waals surface area contributed by atoms with Gasteiger partial charge < -0.3 is 14.2 Å². The van der Waals surface area contributed by atoms with Gasteiger partial charge in [0.2, 0.25) is 0 Å². The summed E-state index contributed by atoms with van der Waals surface area (Å²) in [7, 11) is 0.